The number of fused-ring (bicyclic) bond motifs is 1. The summed E-state index contributed by atoms with van der Waals surface area (Å²) in [7, 11) is 3.30. The van der Waals surface area contributed by atoms with Crippen LogP contribution >= 0.6 is 23.4 Å². The van der Waals surface area contributed by atoms with Crippen LogP contribution in [0.3, 0.4) is 0 Å². The van der Waals surface area contributed by atoms with Gasteiger partial charge in [0.25, 0.3) is 5.91 Å². The van der Waals surface area contributed by atoms with Gasteiger partial charge >= 0.3 is 0 Å². The van der Waals surface area contributed by atoms with Crippen molar-refractivity contribution in [2.24, 2.45) is 0 Å². The zero-order valence-corrected chi connectivity index (χ0v) is 22.5. The SMILES string of the molecule is COc1cc2c(cc1OC)CN(c1cc(Cl)nc(SCc3cccc(C(=O)N4CCOCC4)c3)n1)CC2. The van der Waals surface area contributed by atoms with Gasteiger partial charge in [0.1, 0.15) is 11.0 Å². The third kappa shape index (κ3) is 5.95. The van der Waals surface area contributed by atoms with Crippen LogP contribution in [0, 0.1) is 0 Å². The van der Waals surface area contributed by atoms with Crippen molar-refractivity contribution in [2.45, 2.75) is 23.9 Å². The standard InChI is InChI=1S/C27H29ClN4O4S/c1-34-22-13-19-6-7-32(16-21(19)14-23(22)35-2)25-15-24(28)29-27(30-25)37-17-18-4-3-5-20(12-18)26(33)31-8-10-36-11-9-31/h3-5,12-15H,6-11,16-17H2,1-2H3. The van der Waals surface area contributed by atoms with E-state index < -0.39 is 0 Å². The van der Waals surface area contributed by atoms with Crippen molar-refractivity contribution in [3.63, 3.8) is 0 Å². The second-order valence-corrected chi connectivity index (χ2v) is 10.2. The molecule has 1 fully saturated rings. The summed E-state index contributed by atoms with van der Waals surface area (Å²) in [6.45, 7) is 3.92. The molecule has 0 radical (unpaired) electrons. The molecule has 0 bridgehead atoms. The van der Waals surface area contributed by atoms with Crippen LogP contribution in [0.4, 0.5) is 5.82 Å². The molecule has 2 aliphatic rings. The van der Waals surface area contributed by atoms with Gasteiger partial charge in [0.2, 0.25) is 0 Å². The zero-order valence-electron chi connectivity index (χ0n) is 20.9. The third-order valence-corrected chi connectivity index (χ3v) is 7.66. The number of ether oxygens (including phenoxy) is 3. The van der Waals surface area contributed by atoms with Crippen molar-refractivity contribution in [1.82, 2.24) is 14.9 Å². The highest BCUT2D eigenvalue weighted by atomic mass is 35.5. The van der Waals surface area contributed by atoms with Crippen LogP contribution in [0.5, 0.6) is 11.5 Å². The Labute approximate surface area is 225 Å². The van der Waals surface area contributed by atoms with Gasteiger partial charge in [-0.2, -0.15) is 0 Å². The molecule has 3 aromatic rings. The minimum absolute atomic E-state index is 0.0380. The first-order chi connectivity index (χ1) is 18.0. The third-order valence-electron chi connectivity index (χ3n) is 6.54. The van der Waals surface area contributed by atoms with Crippen molar-refractivity contribution in [2.75, 3.05) is 52.0 Å². The second kappa shape index (κ2) is 11.6. The average Bonchev–Trinajstić information content (AvgIpc) is 2.95. The smallest absolute Gasteiger partial charge is 0.254 e. The predicted molar refractivity (Wildman–Crippen MR) is 144 cm³/mol. The maximum absolute atomic E-state index is 12.9. The number of amides is 1. The molecule has 194 valence electrons. The highest BCUT2D eigenvalue weighted by Gasteiger charge is 2.22. The van der Waals surface area contributed by atoms with E-state index in [9.17, 15) is 4.79 Å². The number of aromatic nitrogens is 2. The molecular weight excluding hydrogens is 512 g/mol. The molecule has 0 aliphatic carbocycles. The molecule has 0 saturated carbocycles. The van der Waals surface area contributed by atoms with Crippen LogP contribution in [-0.2, 0) is 23.5 Å². The Kier molecular flexibility index (Phi) is 8.02. The summed E-state index contributed by atoms with van der Waals surface area (Å²) in [5, 5.41) is 1.01. The average molecular weight is 541 g/mol. The van der Waals surface area contributed by atoms with E-state index in [-0.39, 0.29) is 5.91 Å². The molecule has 8 nitrogen and oxygen atoms in total. The molecule has 2 aromatic carbocycles. The van der Waals surface area contributed by atoms with Crippen LogP contribution in [-0.4, -0.2) is 67.8 Å². The maximum atomic E-state index is 12.9. The Morgan fingerprint density at radius 1 is 1.03 bits per heavy atom. The molecule has 10 heteroatoms. The number of benzene rings is 2. The molecular formula is C27H29ClN4O4S. The Morgan fingerprint density at radius 3 is 2.54 bits per heavy atom. The minimum Gasteiger partial charge on any atom is -0.493 e. The van der Waals surface area contributed by atoms with Crippen LogP contribution in [0.1, 0.15) is 27.0 Å². The Bertz CT molecular complexity index is 1290. The summed E-state index contributed by atoms with van der Waals surface area (Å²) >= 11 is 7.91. The van der Waals surface area contributed by atoms with Crippen LogP contribution < -0.4 is 14.4 Å². The van der Waals surface area contributed by atoms with Crippen molar-refractivity contribution in [1.29, 1.82) is 0 Å². The van der Waals surface area contributed by atoms with Gasteiger partial charge in [-0.15, -0.1) is 0 Å². The van der Waals surface area contributed by atoms with Gasteiger partial charge in [0.15, 0.2) is 16.7 Å². The van der Waals surface area contributed by atoms with E-state index in [2.05, 4.69) is 16.0 Å². The molecule has 37 heavy (non-hydrogen) atoms. The van der Waals surface area contributed by atoms with Crippen LogP contribution in [0.25, 0.3) is 0 Å². The number of thioether (sulfide) groups is 1. The van der Waals surface area contributed by atoms with Gasteiger partial charge in [0, 0.05) is 43.6 Å². The molecule has 1 saturated heterocycles. The van der Waals surface area contributed by atoms with E-state index in [1.807, 2.05) is 35.2 Å². The molecule has 0 N–H and O–H groups in total. The largest absolute Gasteiger partial charge is 0.493 e. The van der Waals surface area contributed by atoms with E-state index in [4.69, 9.17) is 30.8 Å². The summed E-state index contributed by atoms with van der Waals surface area (Å²) < 4.78 is 16.3. The van der Waals surface area contributed by atoms with E-state index in [0.717, 1.165) is 35.8 Å². The van der Waals surface area contributed by atoms with Gasteiger partial charge in [0.05, 0.1) is 27.4 Å². The molecule has 5 rings (SSSR count). The van der Waals surface area contributed by atoms with Crippen molar-refractivity contribution >= 4 is 35.1 Å². The van der Waals surface area contributed by atoms with E-state index in [1.54, 1.807) is 20.3 Å². The number of rotatable bonds is 7. The number of methoxy groups -OCH3 is 2. The highest BCUT2D eigenvalue weighted by Crippen LogP contribution is 2.35. The topological polar surface area (TPSA) is 77.0 Å². The first kappa shape index (κ1) is 25.6. The Hall–Kier alpha value is -3.01. The summed E-state index contributed by atoms with van der Waals surface area (Å²) in [6.07, 6.45) is 0.865. The fourth-order valence-electron chi connectivity index (χ4n) is 4.58. The molecule has 2 aliphatic heterocycles. The predicted octanol–water partition coefficient (Wildman–Crippen LogP) is 4.47. The fraction of sp³-hybridized carbons (Fsp3) is 0.370. The Morgan fingerprint density at radius 2 is 1.78 bits per heavy atom. The lowest BCUT2D eigenvalue weighted by Gasteiger charge is -2.30. The number of carbonyl (C=O) groups excluding carboxylic acids is 1. The van der Waals surface area contributed by atoms with Gasteiger partial charge in [-0.1, -0.05) is 35.5 Å². The van der Waals surface area contributed by atoms with E-state index >= 15 is 0 Å². The maximum Gasteiger partial charge on any atom is 0.254 e. The number of hydrogen-bond acceptors (Lipinski definition) is 8. The van der Waals surface area contributed by atoms with Crippen molar-refractivity contribution in [3.05, 3.63) is 69.9 Å². The monoisotopic (exact) mass is 540 g/mol. The second-order valence-electron chi connectivity index (χ2n) is 8.87. The molecule has 1 amide bonds. The number of nitrogens with zero attached hydrogens (tertiary/aromatic N) is 4. The molecule has 0 unspecified atom stereocenters. The van der Waals surface area contributed by atoms with Gasteiger partial charge in [-0.05, 0) is 47.4 Å². The van der Waals surface area contributed by atoms with Gasteiger partial charge in [-0.3, -0.25) is 4.79 Å². The number of morpholine rings is 1. The number of halogens is 1. The lowest BCUT2D eigenvalue weighted by atomic mass is 9.99. The van der Waals surface area contributed by atoms with Gasteiger partial charge in [-0.25, -0.2) is 9.97 Å². The summed E-state index contributed by atoms with van der Waals surface area (Å²) in [6, 6.07) is 13.6. The normalized spacial score (nSPS) is 15.3. The first-order valence-corrected chi connectivity index (χ1v) is 13.5. The molecule has 3 heterocycles. The fourth-order valence-corrected chi connectivity index (χ4v) is 5.61. The minimum atomic E-state index is 0.0380. The summed E-state index contributed by atoms with van der Waals surface area (Å²) in [5.41, 5.74) is 4.14. The quantitative estimate of drug-likeness (QED) is 0.247. The first-order valence-electron chi connectivity index (χ1n) is 12.2. The molecule has 0 spiro atoms. The Balaban J connectivity index is 1.28. The summed E-state index contributed by atoms with van der Waals surface area (Å²) in [5.74, 6) is 2.92. The number of anilines is 1. The van der Waals surface area contributed by atoms with Crippen molar-refractivity contribution < 1.29 is 19.0 Å². The highest BCUT2D eigenvalue weighted by molar-refractivity contribution is 7.98. The van der Waals surface area contributed by atoms with Gasteiger partial charge < -0.3 is 24.0 Å². The lowest BCUT2D eigenvalue weighted by Crippen LogP contribution is -2.40. The summed E-state index contributed by atoms with van der Waals surface area (Å²) in [4.78, 5) is 26.1. The van der Waals surface area contributed by atoms with Crippen LogP contribution in [0.2, 0.25) is 5.15 Å². The lowest BCUT2D eigenvalue weighted by molar-refractivity contribution is 0.0303. The number of hydrogen-bond donors (Lipinski definition) is 0. The number of carbonyl (C=O) groups is 1. The van der Waals surface area contributed by atoms with E-state index in [1.165, 1.54) is 22.9 Å². The van der Waals surface area contributed by atoms with Crippen molar-refractivity contribution in [3.8, 4) is 11.5 Å². The molecule has 1 aromatic heterocycles. The van der Waals surface area contributed by atoms with E-state index in [0.29, 0.717) is 54.5 Å². The zero-order chi connectivity index (χ0) is 25.8. The molecule has 0 atom stereocenters. The van der Waals surface area contributed by atoms with Crippen LogP contribution in [0.15, 0.2) is 47.6 Å².